The molecule has 1 aliphatic rings. The fraction of sp³-hybridized carbons (Fsp3) is 0.609. The molecule has 2 N–H and O–H groups in total. The minimum absolute atomic E-state index is 0.0141. The van der Waals surface area contributed by atoms with E-state index in [1.807, 2.05) is 17.0 Å². The lowest BCUT2D eigenvalue weighted by Gasteiger charge is -2.36. The molecule has 3 heterocycles. The van der Waals surface area contributed by atoms with Crippen molar-refractivity contribution in [2.45, 2.75) is 65.5 Å². The molecule has 1 fully saturated rings. The largest absolute Gasteiger partial charge is 0.467 e. The summed E-state index contributed by atoms with van der Waals surface area (Å²) in [5, 5.41) is 6.74. The molecule has 0 aliphatic carbocycles. The van der Waals surface area contributed by atoms with Crippen molar-refractivity contribution in [2.24, 2.45) is 5.92 Å². The molecule has 0 aromatic carbocycles. The summed E-state index contributed by atoms with van der Waals surface area (Å²) in [5.41, 5.74) is 0.300. The number of rotatable bonds is 7. The number of amides is 1. The summed E-state index contributed by atoms with van der Waals surface area (Å²) in [6, 6.07) is 3.94. The number of hydrogen-bond acceptors (Lipinski definition) is 6. The van der Waals surface area contributed by atoms with Crippen molar-refractivity contribution in [1.82, 2.24) is 20.2 Å². The lowest BCUT2D eigenvalue weighted by molar-refractivity contribution is 0.0620. The van der Waals surface area contributed by atoms with Gasteiger partial charge in [0.25, 0.3) is 5.91 Å². The summed E-state index contributed by atoms with van der Waals surface area (Å²) in [4.78, 5) is 25.0. The van der Waals surface area contributed by atoms with Gasteiger partial charge in [-0.05, 0) is 37.4 Å². The standard InChI is InChI=1S/C23H35N5O2/c1-16(2)15-28(17-8-6-10-24-12-17)21(29)19-14-26-22(23(3,4)5)27-20(19)25-13-18-9-7-11-30-18/h7,9,11,14,16-17,24H,6,8,10,12-13,15H2,1-5H3,(H,25,26,27)/t17-/m1/s1. The fourth-order valence-electron chi connectivity index (χ4n) is 3.66. The van der Waals surface area contributed by atoms with E-state index in [1.165, 1.54) is 0 Å². The van der Waals surface area contributed by atoms with Gasteiger partial charge in [-0.2, -0.15) is 0 Å². The number of carbonyl (C=O) groups excluding carboxylic acids is 1. The van der Waals surface area contributed by atoms with E-state index in [9.17, 15) is 4.79 Å². The molecular formula is C23H35N5O2. The normalized spacial score (nSPS) is 17.2. The van der Waals surface area contributed by atoms with Crippen LogP contribution in [0.25, 0.3) is 0 Å². The first-order valence-corrected chi connectivity index (χ1v) is 10.9. The van der Waals surface area contributed by atoms with Gasteiger partial charge >= 0.3 is 0 Å². The number of anilines is 1. The van der Waals surface area contributed by atoms with Crippen LogP contribution in [0.2, 0.25) is 0 Å². The predicted molar refractivity (Wildman–Crippen MR) is 119 cm³/mol. The van der Waals surface area contributed by atoms with Gasteiger partial charge in [-0.25, -0.2) is 9.97 Å². The van der Waals surface area contributed by atoms with E-state index >= 15 is 0 Å². The van der Waals surface area contributed by atoms with Crippen molar-refractivity contribution < 1.29 is 9.21 Å². The molecule has 0 radical (unpaired) electrons. The molecule has 1 atom stereocenters. The lowest BCUT2D eigenvalue weighted by atomic mass is 9.95. The quantitative estimate of drug-likeness (QED) is 0.718. The molecule has 7 heteroatoms. The van der Waals surface area contributed by atoms with Crippen LogP contribution in [0.15, 0.2) is 29.0 Å². The summed E-state index contributed by atoms with van der Waals surface area (Å²) >= 11 is 0. The zero-order valence-corrected chi connectivity index (χ0v) is 18.9. The molecule has 1 aliphatic heterocycles. The lowest BCUT2D eigenvalue weighted by Crippen LogP contribution is -2.50. The summed E-state index contributed by atoms with van der Waals surface area (Å²) in [6.07, 6.45) is 5.42. The van der Waals surface area contributed by atoms with Crippen molar-refractivity contribution in [3.63, 3.8) is 0 Å². The molecular weight excluding hydrogens is 378 g/mol. The maximum Gasteiger partial charge on any atom is 0.259 e. The molecule has 1 amide bonds. The van der Waals surface area contributed by atoms with Gasteiger partial charge in [-0.15, -0.1) is 0 Å². The molecule has 2 aromatic heterocycles. The highest BCUT2D eigenvalue weighted by Crippen LogP contribution is 2.25. The second-order valence-corrected chi connectivity index (χ2v) is 9.49. The smallest absolute Gasteiger partial charge is 0.259 e. The van der Waals surface area contributed by atoms with Gasteiger partial charge in [0.2, 0.25) is 0 Å². The van der Waals surface area contributed by atoms with E-state index in [1.54, 1.807) is 12.5 Å². The Hall–Kier alpha value is -2.41. The Labute approximate surface area is 179 Å². The molecule has 164 valence electrons. The van der Waals surface area contributed by atoms with Crippen LogP contribution in [-0.2, 0) is 12.0 Å². The van der Waals surface area contributed by atoms with Gasteiger partial charge in [-0.3, -0.25) is 4.79 Å². The highest BCUT2D eigenvalue weighted by atomic mass is 16.3. The van der Waals surface area contributed by atoms with Gasteiger partial charge in [0.15, 0.2) is 0 Å². The van der Waals surface area contributed by atoms with Crippen LogP contribution in [0.5, 0.6) is 0 Å². The summed E-state index contributed by atoms with van der Waals surface area (Å²) in [5.74, 6) is 2.43. The van der Waals surface area contributed by atoms with Gasteiger partial charge < -0.3 is 20.0 Å². The third kappa shape index (κ3) is 5.59. The van der Waals surface area contributed by atoms with Crippen LogP contribution >= 0.6 is 0 Å². The highest BCUT2D eigenvalue weighted by Gasteiger charge is 2.30. The summed E-state index contributed by atoms with van der Waals surface area (Å²) < 4.78 is 5.44. The Bertz CT molecular complexity index is 821. The third-order valence-electron chi connectivity index (χ3n) is 5.23. The number of aromatic nitrogens is 2. The van der Waals surface area contributed by atoms with Crippen LogP contribution in [-0.4, -0.2) is 46.5 Å². The maximum absolute atomic E-state index is 13.7. The van der Waals surface area contributed by atoms with E-state index in [0.29, 0.717) is 36.2 Å². The number of piperidine rings is 1. The molecule has 3 rings (SSSR count). The monoisotopic (exact) mass is 413 g/mol. The van der Waals surface area contributed by atoms with Gasteiger partial charge in [0, 0.05) is 30.7 Å². The highest BCUT2D eigenvalue weighted by molar-refractivity contribution is 5.98. The Morgan fingerprint density at radius 2 is 2.20 bits per heavy atom. The molecule has 0 spiro atoms. The Balaban J connectivity index is 1.92. The van der Waals surface area contributed by atoms with Crippen molar-refractivity contribution in [3.05, 3.63) is 41.7 Å². The van der Waals surface area contributed by atoms with E-state index in [2.05, 4.69) is 50.2 Å². The first-order valence-electron chi connectivity index (χ1n) is 10.9. The van der Waals surface area contributed by atoms with E-state index in [0.717, 1.165) is 31.7 Å². The number of nitrogens with one attached hydrogen (secondary N) is 2. The summed E-state index contributed by atoms with van der Waals surface area (Å²) in [7, 11) is 0. The van der Waals surface area contributed by atoms with E-state index in [4.69, 9.17) is 9.40 Å². The van der Waals surface area contributed by atoms with Crippen LogP contribution in [0.1, 0.15) is 69.4 Å². The number of carbonyl (C=O) groups is 1. The predicted octanol–water partition coefficient (Wildman–Crippen LogP) is 3.83. The molecule has 0 bridgehead atoms. The Morgan fingerprint density at radius 1 is 1.40 bits per heavy atom. The first-order chi connectivity index (χ1) is 14.3. The van der Waals surface area contributed by atoms with Crippen LogP contribution < -0.4 is 10.6 Å². The van der Waals surface area contributed by atoms with Crippen LogP contribution in [0, 0.1) is 5.92 Å². The van der Waals surface area contributed by atoms with Crippen molar-refractivity contribution in [1.29, 1.82) is 0 Å². The SMILES string of the molecule is CC(C)CN(C(=O)c1cnc(C(C)(C)C)nc1NCc1ccco1)[C@@H]1CCCNC1. The van der Waals surface area contributed by atoms with Crippen molar-refractivity contribution in [3.8, 4) is 0 Å². The van der Waals surface area contributed by atoms with E-state index in [-0.39, 0.29) is 17.4 Å². The van der Waals surface area contributed by atoms with E-state index < -0.39 is 0 Å². The van der Waals surface area contributed by atoms with Crippen LogP contribution in [0.4, 0.5) is 5.82 Å². The molecule has 30 heavy (non-hydrogen) atoms. The summed E-state index contributed by atoms with van der Waals surface area (Å²) in [6.45, 7) is 13.5. The second kappa shape index (κ2) is 9.60. The third-order valence-corrected chi connectivity index (χ3v) is 5.23. The molecule has 2 aromatic rings. The van der Waals surface area contributed by atoms with Crippen LogP contribution in [0.3, 0.4) is 0 Å². The Kier molecular flexibility index (Phi) is 7.13. The zero-order chi connectivity index (χ0) is 21.7. The molecule has 0 saturated carbocycles. The van der Waals surface area contributed by atoms with Crippen molar-refractivity contribution >= 4 is 11.7 Å². The van der Waals surface area contributed by atoms with Crippen molar-refractivity contribution in [2.75, 3.05) is 25.0 Å². The first kappa shape index (κ1) is 22.3. The van der Waals surface area contributed by atoms with Gasteiger partial charge in [-0.1, -0.05) is 34.6 Å². The minimum Gasteiger partial charge on any atom is -0.467 e. The number of hydrogen-bond donors (Lipinski definition) is 2. The molecule has 1 saturated heterocycles. The zero-order valence-electron chi connectivity index (χ0n) is 18.9. The average molecular weight is 414 g/mol. The second-order valence-electron chi connectivity index (χ2n) is 9.49. The Morgan fingerprint density at radius 3 is 2.80 bits per heavy atom. The number of furan rings is 1. The minimum atomic E-state index is -0.215. The maximum atomic E-state index is 13.7. The topological polar surface area (TPSA) is 83.3 Å². The molecule has 0 unspecified atom stereocenters. The average Bonchev–Trinajstić information content (AvgIpc) is 3.23. The molecule has 7 nitrogen and oxygen atoms in total. The van der Waals surface area contributed by atoms with Gasteiger partial charge in [0.1, 0.15) is 23.0 Å². The fourth-order valence-corrected chi connectivity index (χ4v) is 3.66. The van der Waals surface area contributed by atoms with Gasteiger partial charge in [0.05, 0.1) is 12.8 Å². The number of nitrogens with zero attached hydrogens (tertiary/aromatic N) is 3.